The Morgan fingerprint density at radius 2 is 1.50 bits per heavy atom. The van der Waals surface area contributed by atoms with Gasteiger partial charge in [0.05, 0.1) is 34.0 Å². The molecule has 1 saturated heterocycles. The van der Waals surface area contributed by atoms with Crippen LogP contribution in [0.3, 0.4) is 0 Å². The number of benzene rings is 2. The predicted molar refractivity (Wildman–Crippen MR) is 102 cm³/mol. The molecule has 5 heteroatoms. The fourth-order valence-corrected chi connectivity index (χ4v) is 3.02. The molecule has 0 N–H and O–H groups in total. The number of ether oxygens (including phenoxy) is 4. The van der Waals surface area contributed by atoms with Crippen LogP contribution in [0.5, 0.6) is 17.2 Å². The molecule has 2 aromatic rings. The van der Waals surface area contributed by atoms with Crippen molar-refractivity contribution in [1.82, 2.24) is 4.90 Å². The second-order valence-electron chi connectivity index (χ2n) is 6.28. The highest BCUT2D eigenvalue weighted by atomic mass is 16.5. The molecule has 140 valence electrons. The molecule has 0 atom stereocenters. The van der Waals surface area contributed by atoms with E-state index in [0.717, 1.165) is 74.3 Å². The smallest absolute Gasteiger partial charge is 0.123 e. The van der Waals surface area contributed by atoms with Gasteiger partial charge in [0, 0.05) is 25.7 Å². The summed E-state index contributed by atoms with van der Waals surface area (Å²) in [6.45, 7) is 5.53. The molecule has 2 aromatic carbocycles. The highest BCUT2D eigenvalue weighted by Gasteiger charge is 2.09. The Morgan fingerprint density at radius 3 is 2.12 bits per heavy atom. The van der Waals surface area contributed by atoms with E-state index in [4.69, 9.17) is 18.9 Å². The molecule has 0 amide bonds. The molecule has 1 heterocycles. The summed E-state index contributed by atoms with van der Waals surface area (Å²) in [5, 5.41) is 0. The first-order chi connectivity index (χ1) is 12.8. The van der Waals surface area contributed by atoms with Crippen molar-refractivity contribution in [2.24, 2.45) is 0 Å². The van der Waals surface area contributed by atoms with Crippen LogP contribution < -0.4 is 14.2 Å². The molecule has 0 radical (unpaired) electrons. The van der Waals surface area contributed by atoms with E-state index in [-0.39, 0.29) is 0 Å². The van der Waals surface area contributed by atoms with Crippen molar-refractivity contribution in [3.8, 4) is 28.4 Å². The number of nitrogens with zero attached hydrogens (tertiary/aromatic N) is 1. The van der Waals surface area contributed by atoms with Crippen molar-refractivity contribution in [2.75, 3.05) is 53.7 Å². The van der Waals surface area contributed by atoms with Gasteiger partial charge < -0.3 is 18.9 Å². The van der Waals surface area contributed by atoms with Gasteiger partial charge in [-0.05, 0) is 41.8 Å². The summed E-state index contributed by atoms with van der Waals surface area (Å²) in [6, 6.07) is 14.0. The van der Waals surface area contributed by atoms with Gasteiger partial charge in [0.15, 0.2) is 0 Å². The van der Waals surface area contributed by atoms with Gasteiger partial charge in [-0.25, -0.2) is 0 Å². The Balaban J connectivity index is 1.53. The second kappa shape index (κ2) is 9.46. The number of methoxy groups -OCH3 is 2. The van der Waals surface area contributed by atoms with Crippen molar-refractivity contribution in [3.05, 3.63) is 42.5 Å². The molecular weight excluding hydrogens is 330 g/mol. The molecule has 5 nitrogen and oxygen atoms in total. The standard InChI is InChI=1S/C21H27NO4/c1-23-20-14-18(15-21(16-20)24-2)17-4-6-19(7-5-17)26-11-3-8-22-9-12-25-13-10-22/h4-7,14-16H,3,8-13H2,1-2H3. The molecule has 0 spiro atoms. The lowest BCUT2D eigenvalue weighted by molar-refractivity contribution is 0.0358. The monoisotopic (exact) mass is 357 g/mol. The van der Waals surface area contributed by atoms with Gasteiger partial charge in [0.2, 0.25) is 0 Å². The minimum absolute atomic E-state index is 0.726. The van der Waals surface area contributed by atoms with Gasteiger partial charge >= 0.3 is 0 Å². The van der Waals surface area contributed by atoms with E-state index in [1.165, 1.54) is 0 Å². The van der Waals surface area contributed by atoms with E-state index in [2.05, 4.69) is 17.0 Å². The van der Waals surface area contributed by atoms with Crippen LogP contribution in [-0.4, -0.2) is 58.6 Å². The Hall–Kier alpha value is -2.24. The summed E-state index contributed by atoms with van der Waals surface area (Å²) in [5.41, 5.74) is 2.16. The molecule has 0 unspecified atom stereocenters. The minimum atomic E-state index is 0.726. The molecule has 0 saturated carbocycles. The Morgan fingerprint density at radius 1 is 0.846 bits per heavy atom. The van der Waals surface area contributed by atoms with Gasteiger partial charge in [-0.3, -0.25) is 4.90 Å². The van der Waals surface area contributed by atoms with E-state index in [0.29, 0.717) is 0 Å². The van der Waals surface area contributed by atoms with Crippen LogP contribution in [0.2, 0.25) is 0 Å². The van der Waals surface area contributed by atoms with Gasteiger partial charge in [-0.1, -0.05) is 12.1 Å². The van der Waals surface area contributed by atoms with Crippen molar-refractivity contribution in [2.45, 2.75) is 6.42 Å². The highest BCUT2D eigenvalue weighted by molar-refractivity contribution is 5.67. The Kier molecular flexibility index (Phi) is 6.75. The maximum atomic E-state index is 5.87. The third-order valence-corrected chi connectivity index (χ3v) is 4.53. The lowest BCUT2D eigenvalue weighted by Crippen LogP contribution is -2.37. The van der Waals surface area contributed by atoms with Gasteiger partial charge in [0.1, 0.15) is 17.2 Å². The lowest BCUT2D eigenvalue weighted by Gasteiger charge is -2.26. The summed E-state index contributed by atoms with van der Waals surface area (Å²) in [6.07, 6.45) is 1.02. The zero-order chi connectivity index (χ0) is 18.2. The fourth-order valence-electron chi connectivity index (χ4n) is 3.02. The second-order valence-corrected chi connectivity index (χ2v) is 6.28. The van der Waals surface area contributed by atoms with E-state index in [1.807, 2.05) is 30.3 Å². The molecule has 26 heavy (non-hydrogen) atoms. The van der Waals surface area contributed by atoms with Crippen LogP contribution in [0.25, 0.3) is 11.1 Å². The molecule has 1 aliphatic rings. The van der Waals surface area contributed by atoms with Crippen LogP contribution in [0, 0.1) is 0 Å². The molecule has 0 bridgehead atoms. The van der Waals surface area contributed by atoms with Gasteiger partial charge in [-0.2, -0.15) is 0 Å². The quantitative estimate of drug-likeness (QED) is 0.677. The maximum absolute atomic E-state index is 5.87. The van der Waals surface area contributed by atoms with E-state index in [9.17, 15) is 0 Å². The van der Waals surface area contributed by atoms with E-state index >= 15 is 0 Å². The number of rotatable bonds is 8. The maximum Gasteiger partial charge on any atom is 0.123 e. The van der Waals surface area contributed by atoms with Crippen LogP contribution in [0.4, 0.5) is 0 Å². The predicted octanol–water partition coefficient (Wildman–Crippen LogP) is 3.47. The molecule has 3 rings (SSSR count). The van der Waals surface area contributed by atoms with Crippen LogP contribution in [0.15, 0.2) is 42.5 Å². The van der Waals surface area contributed by atoms with Gasteiger partial charge in [0.25, 0.3) is 0 Å². The number of hydrogen-bond donors (Lipinski definition) is 0. The summed E-state index contributed by atoms with van der Waals surface area (Å²) in [4.78, 5) is 2.42. The Labute approximate surface area is 155 Å². The van der Waals surface area contributed by atoms with Crippen LogP contribution in [-0.2, 0) is 4.74 Å². The molecule has 1 fully saturated rings. The van der Waals surface area contributed by atoms with Crippen molar-refractivity contribution in [1.29, 1.82) is 0 Å². The largest absolute Gasteiger partial charge is 0.497 e. The third-order valence-electron chi connectivity index (χ3n) is 4.53. The SMILES string of the molecule is COc1cc(OC)cc(-c2ccc(OCCCN3CCOCC3)cc2)c1. The van der Waals surface area contributed by atoms with Crippen LogP contribution >= 0.6 is 0 Å². The highest BCUT2D eigenvalue weighted by Crippen LogP contribution is 2.30. The average molecular weight is 357 g/mol. The molecule has 1 aliphatic heterocycles. The lowest BCUT2D eigenvalue weighted by atomic mass is 10.0. The van der Waals surface area contributed by atoms with Crippen molar-refractivity contribution < 1.29 is 18.9 Å². The van der Waals surface area contributed by atoms with E-state index < -0.39 is 0 Å². The Bertz CT molecular complexity index is 659. The fraction of sp³-hybridized carbons (Fsp3) is 0.429. The molecule has 0 aromatic heterocycles. The summed E-state index contributed by atoms with van der Waals surface area (Å²) in [7, 11) is 3.32. The first-order valence-corrected chi connectivity index (χ1v) is 9.05. The molecule has 0 aliphatic carbocycles. The minimum Gasteiger partial charge on any atom is -0.497 e. The zero-order valence-corrected chi connectivity index (χ0v) is 15.6. The third kappa shape index (κ3) is 5.13. The first kappa shape index (κ1) is 18.5. The van der Waals surface area contributed by atoms with E-state index in [1.54, 1.807) is 14.2 Å². The molecular formula is C21H27NO4. The average Bonchev–Trinajstić information content (AvgIpc) is 2.72. The number of hydrogen-bond acceptors (Lipinski definition) is 5. The van der Waals surface area contributed by atoms with Crippen LogP contribution in [0.1, 0.15) is 6.42 Å². The topological polar surface area (TPSA) is 40.2 Å². The first-order valence-electron chi connectivity index (χ1n) is 9.05. The van der Waals surface area contributed by atoms with Crippen molar-refractivity contribution in [3.63, 3.8) is 0 Å². The van der Waals surface area contributed by atoms with Gasteiger partial charge in [-0.15, -0.1) is 0 Å². The summed E-state index contributed by atoms with van der Waals surface area (Å²) < 4.78 is 21.9. The summed E-state index contributed by atoms with van der Waals surface area (Å²) in [5.74, 6) is 2.45. The summed E-state index contributed by atoms with van der Waals surface area (Å²) >= 11 is 0. The zero-order valence-electron chi connectivity index (χ0n) is 15.6. The number of morpholine rings is 1. The normalized spacial score (nSPS) is 14.8. The van der Waals surface area contributed by atoms with Crippen molar-refractivity contribution >= 4 is 0 Å².